The van der Waals surface area contributed by atoms with E-state index in [-0.39, 0.29) is 5.43 Å². The SMILES string of the molecule is Cc1[nH]c(C)c(N)c(=O)c1C. The number of rotatable bonds is 0. The molecule has 3 nitrogen and oxygen atoms in total. The van der Waals surface area contributed by atoms with Gasteiger partial charge in [-0.3, -0.25) is 4.79 Å². The Hall–Kier alpha value is -1.25. The zero-order chi connectivity index (χ0) is 8.59. The Labute approximate surface area is 65.2 Å². The van der Waals surface area contributed by atoms with E-state index in [1.54, 1.807) is 13.8 Å². The Kier molecular flexibility index (Phi) is 1.72. The van der Waals surface area contributed by atoms with Crippen molar-refractivity contribution in [2.75, 3.05) is 5.73 Å². The lowest BCUT2D eigenvalue weighted by atomic mass is 10.2. The summed E-state index contributed by atoms with van der Waals surface area (Å²) < 4.78 is 0. The van der Waals surface area contributed by atoms with Gasteiger partial charge in [-0.25, -0.2) is 0 Å². The second-order valence-electron chi connectivity index (χ2n) is 2.74. The van der Waals surface area contributed by atoms with E-state index >= 15 is 0 Å². The van der Waals surface area contributed by atoms with Crippen LogP contribution >= 0.6 is 0 Å². The van der Waals surface area contributed by atoms with Crippen LogP contribution in [0.2, 0.25) is 0 Å². The number of aromatic nitrogens is 1. The maximum Gasteiger partial charge on any atom is 0.207 e. The van der Waals surface area contributed by atoms with Crippen molar-refractivity contribution in [1.82, 2.24) is 4.98 Å². The summed E-state index contributed by atoms with van der Waals surface area (Å²) in [4.78, 5) is 14.3. The summed E-state index contributed by atoms with van der Waals surface area (Å²) in [7, 11) is 0. The summed E-state index contributed by atoms with van der Waals surface area (Å²) in [5.41, 5.74) is 8.12. The topological polar surface area (TPSA) is 58.9 Å². The lowest BCUT2D eigenvalue weighted by molar-refractivity contribution is 1.08. The fraction of sp³-hybridized carbons (Fsp3) is 0.375. The highest BCUT2D eigenvalue weighted by Crippen LogP contribution is 2.05. The van der Waals surface area contributed by atoms with Gasteiger partial charge >= 0.3 is 0 Å². The van der Waals surface area contributed by atoms with Crippen LogP contribution in [0.4, 0.5) is 5.69 Å². The Morgan fingerprint density at radius 3 is 2.27 bits per heavy atom. The minimum absolute atomic E-state index is 0.0567. The molecule has 0 amide bonds. The molecule has 0 bridgehead atoms. The molecule has 3 N–H and O–H groups in total. The standard InChI is InChI=1S/C8H12N2O/c1-4-5(2)10-6(3)7(9)8(4)11/h9H2,1-3H3,(H,10,11). The largest absolute Gasteiger partial charge is 0.394 e. The van der Waals surface area contributed by atoms with Crippen LogP contribution in [0.25, 0.3) is 0 Å². The number of nitrogens with two attached hydrogens (primary N) is 1. The van der Waals surface area contributed by atoms with Crippen molar-refractivity contribution in [3.8, 4) is 0 Å². The summed E-state index contributed by atoms with van der Waals surface area (Å²) in [5.74, 6) is 0. The van der Waals surface area contributed by atoms with Gasteiger partial charge in [-0.05, 0) is 20.8 Å². The first-order chi connectivity index (χ1) is 5.04. The minimum atomic E-state index is -0.0567. The molecule has 1 heterocycles. The maximum atomic E-state index is 11.3. The van der Waals surface area contributed by atoms with Crippen LogP contribution < -0.4 is 11.2 Å². The number of H-pyrrole nitrogens is 1. The minimum Gasteiger partial charge on any atom is -0.394 e. The van der Waals surface area contributed by atoms with Gasteiger partial charge in [-0.2, -0.15) is 0 Å². The van der Waals surface area contributed by atoms with Gasteiger partial charge in [0.25, 0.3) is 0 Å². The molecule has 0 saturated carbocycles. The number of nitrogens with one attached hydrogen (secondary N) is 1. The van der Waals surface area contributed by atoms with Crippen LogP contribution in [0, 0.1) is 20.8 Å². The first-order valence-corrected chi connectivity index (χ1v) is 3.49. The molecule has 0 aliphatic rings. The summed E-state index contributed by atoms with van der Waals surface area (Å²) >= 11 is 0. The highest BCUT2D eigenvalue weighted by Gasteiger charge is 2.04. The lowest BCUT2D eigenvalue weighted by Gasteiger charge is -2.04. The average Bonchev–Trinajstić information content (AvgIpc) is 1.97. The highest BCUT2D eigenvalue weighted by molar-refractivity contribution is 5.45. The lowest BCUT2D eigenvalue weighted by Crippen LogP contribution is -2.15. The third-order valence-electron chi connectivity index (χ3n) is 1.93. The second-order valence-corrected chi connectivity index (χ2v) is 2.74. The van der Waals surface area contributed by atoms with E-state index in [4.69, 9.17) is 5.73 Å². The molecule has 0 spiro atoms. The molecule has 0 unspecified atom stereocenters. The average molecular weight is 152 g/mol. The third kappa shape index (κ3) is 1.13. The van der Waals surface area contributed by atoms with Gasteiger partial charge in [-0.15, -0.1) is 0 Å². The second kappa shape index (κ2) is 2.42. The molecule has 0 saturated heterocycles. The highest BCUT2D eigenvalue weighted by atomic mass is 16.1. The third-order valence-corrected chi connectivity index (χ3v) is 1.93. The normalized spacial score (nSPS) is 10.1. The van der Waals surface area contributed by atoms with Crippen molar-refractivity contribution in [2.45, 2.75) is 20.8 Å². The first-order valence-electron chi connectivity index (χ1n) is 3.49. The van der Waals surface area contributed by atoms with Gasteiger partial charge in [-0.1, -0.05) is 0 Å². The molecule has 1 aromatic rings. The first kappa shape index (κ1) is 7.85. The smallest absolute Gasteiger partial charge is 0.207 e. The number of hydrogen-bond acceptors (Lipinski definition) is 2. The van der Waals surface area contributed by atoms with E-state index in [1.807, 2.05) is 6.92 Å². The van der Waals surface area contributed by atoms with Crippen LogP contribution in [0.15, 0.2) is 4.79 Å². The molecule has 0 atom stereocenters. The van der Waals surface area contributed by atoms with E-state index in [0.29, 0.717) is 11.3 Å². The molecule has 1 rings (SSSR count). The van der Waals surface area contributed by atoms with Crippen molar-refractivity contribution in [1.29, 1.82) is 0 Å². The van der Waals surface area contributed by atoms with E-state index in [9.17, 15) is 4.79 Å². The van der Waals surface area contributed by atoms with E-state index in [0.717, 1.165) is 11.4 Å². The molecular formula is C8H12N2O. The van der Waals surface area contributed by atoms with Crippen molar-refractivity contribution >= 4 is 5.69 Å². The Balaban J connectivity index is 3.59. The Morgan fingerprint density at radius 2 is 1.73 bits per heavy atom. The molecule has 0 fully saturated rings. The van der Waals surface area contributed by atoms with E-state index in [1.165, 1.54) is 0 Å². The van der Waals surface area contributed by atoms with Crippen LogP contribution in [0.3, 0.4) is 0 Å². The Bertz CT molecular complexity index is 309. The number of nitrogen functional groups attached to an aromatic ring is 1. The molecule has 1 aromatic heterocycles. The van der Waals surface area contributed by atoms with Crippen molar-refractivity contribution in [3.05, 3.63) is 27.2 Å². The predicted molar refractivity (Wildman–Crippen MR) is 45.7 cm³/mol. The van der Waals surface area contributed by atoms with Gasteiger partial charge < -0.3 is 10.7 Å². The van der Waals surface area contributed by atoms with Gasteiger partial charge in [0.05, 0.1) is 5.69 Å². The van der Waals surface area contributed by atoms with Gasteiger partial charge in [0.15, 0.2) is 0 Å². The summed E-state index contributed by atoms with van der Waals surface area (Å²) in [6.07, 6.45) is 0. The molecular weight excluding hydrogens is 140 g/mol. The molecule has 0 aromatic carbocycles. The quantitative estimate of drug-likeness (QED) is 0.579. The fourth-order valence-corrected chi connectivity index (χ4v) is 0.985. The number of hydrogen-bond donors (Lipinski definition) is 2. The molecule has 0 aliphatic carbocycles. The molecule has 60 valence electrons. The number of aromatic amines is 1. The van der Waals surface area contributed by atoms with Crippen LogP contribution in [-0.2, 0) is 0 Å². The van der Waals surface area contributed by atoms with Crippen molar-refractivity contribution < 1.29 is 0 Å². The zero-order valence-corrected chi connectivity index (χ0v) is 6.99. The predicted octanol–water partition coefficient (Wildman–Crippen LogP) is 0.882. The molecule has 11 heavy (non-hydrogen) atoms. The van der Waals surface area contributed by atoms with Crippen LogP contribution in [-0.4, -0.2) is 4.98 Å². The van der Waals surface area contributed by atoms with Gasteiger partial charge in [0.1, 0.15) is 0 Å². The number of pyridine rings is 1. The van der Waals surface area contributed by atoms with Gasteiger partial charge in [0.2, 0.25) is 5.43 Å². The van der Waals surface area contributed by atoms with Crippen LogP contribution in [0.5, 0.6) is 0 Å². The van der Waals surface area contributed by atoms with Crippen molar-refractivity contribution in [2.24, 2.45) is 0 Å². The molecule has 0 radical (unpaired) electrons. The molecule has 0 aliphatic heterocycles. The van der Waals surface area contributed by atoms with Crippen LogP contribution in [0.1, 0.15) is 17.0 Å². The monoisotopic (exact) mass is 152 g/mol. The summed E-state index contributed by atoms with van der Waals surface area (Å²) in [6.45, 7) is 5.43. The van der Waals surface area contributed by atoms with E-state index in [2.05, 4.69) is 4.98 Å². The number of anilines is 1. The number of aryl methyl sites for hydroxylation is 2. The maximum absolute atomic E-state index is 11.3. The fourth-order valence-electron chi connectivity index (χ4n) is 0.985. The van der Waals surface area contributed by atoms with Gasteiger partial charge in [0, 0.05) is 17.0 Å². The zero-order valence-electron chi connectivity index (χ0n) is 6.99. The van der Waals surface area contributed by atoms with E-state index < -0.39 is 0 Å². The molecule has 3 heteroatoms. The van der Waals surface area contributed by atoms with Crippen molar-refractivity contribution in [3.63, 3.8) is 0 Å². The summed E-state index contributed by atoms with van der Waals surface area (Å²) in [6, 6.07) is 0. The Morgan fingerprint density at radius 1 is 1.18 bits per heavy atom. The summed E-state index contributed by atoms with van der Waals surface area (Å²) in [5, 5.41) is 0.